The maximum absolute atomic E-state index is 12.7. The minimum Gasteiger partial charge on any atom is -0.478 e. The van der Waals surface area contributed by atoms with Crippen molar-refractivity contribution in [1.82, 2.24) is 0 Å². The lowest BCUT2D eigenvalue weighted by Gasteiger charge is -2.28. The zero-order valence-corrected chi connectivity index (χ0v) is 13.1. The number of rotatable bonds is 4. The first-order valence-electron chi connectivity index (χ1n) is 7.84. The zero-order chi connectivity index (χ0) is 18.0. The molecule has 0 saturated carbocycles. The minimum absolute atomic E-state index is 0.0778. The Balaban J connectivity index is 1.60. The lowest BCUT2D eigenvalue weighted by Crippen LogP contribution is -2.41. The molecule has 4 bridgehead atoms. The quantitative estimate of drug-likeness (QED) is 0.587. The molecule has 7 heteroatoms. The summed E-state index contributed by atoms with van der Waals surface area (Å²) in [6.45, 7) is 0. The molecule has 2 N–H and O–H groups in total. The monoisotopic (exact) mass is 342 g/mol. The number of allylic oxidation sites excluding steroid dienone is 6. The molecule has 4 rings (SSSR count). The maximum atomic E-state index is 12.7. The molecule has 4 aliphatic rings. The van der Waals surface area contributed by atoms with Crippen LogP contribution in [0.25, 0.3) is 0 Å². The summed E-state index contributed by atoms with van der Waals surface area (Å²) in [4.78, 5) is 48.2. The van der Waals surface area contributed by atoms with Crippen LogP contribution < -0.4 is 0 Å². The van der Waals surface area contributed by atoms with Gasteiger partial charge in [0.1, 0.15) is 10.8 Å². The Kier molecular flexibility index (Phi) is 2.98. The number of hydrogen-bond acceptors (Lipinski definition) is 5. The van der Waals surface area contributed by atoms with E-state index in [1.54, 1.807) is 12.2 Å². The van der Waals surface area contributed by atoms with Gasteiger partial charge >= 0.3 is 23.9 Å². The van der Waals surface area contributed by atoms with E-state index in [4.69, 9.17) is 4.74 Å². The highest BCUT2D eigenvalue weighted by Crippen LogP contribution is 2.54. The van der Waals surface area contributed by atoms with Crippen molar-refractivity contribution in [2.24, 2.45) is 10.8 Å². The first kappa shape index (κ1) is 15.6. The maximum Gasteiger partial charge on any atom is 0.332 e. The van der Waals surface area contributed by atoms with Gasteiger partial charge in [-0.3, -0.25) is 9.59 Å². The third-order valence-electron chi connectivity index (χ3n) is 5.56. The Morgan fingerprint density at radius 1 is 0.800 bits per heavy atom. The molecule has 128 valence electrons. The highest BCUT2D eigenvalue weighted by molar-refractivity contribution is 6.06. The lowest BCUT2D eigenvalue weighted by atomic mass is 9.78. The van der Waals surface area contributed by atoms with Crippen LogP contribution in [0.2, 0.25) is 0 Å². The van der Waals surface area contributed by atoms with Gasteiger partial charge in [0.15, 0.2) is 0 Å². The molecule has 2 atom stereocenters. The summed E-state index contributed by atoms with van der Waals surface area (Å²) in [7, 11) is 0. The van der Waals surface area contributed by atoms with Gasteiger partial charge in [0.25, 0.3) is 0 Å². The van der Waals surface area contributed by atoms with E-state index in [2.05, 4.69) is 0 Å². The number of carboxylic acids is 2. The Morgan fingerprint density at radius 3 is 1.52 bits per heavy atom. The molecule has 25 heavy (non-hydrogen) atoms. The third-order valence-corrected chi connectivity index (χ3v) is 5.56. The summed E-state index contributed by atoms with van der Waals surface area (Å²) < 4.78 is 5.07. The van der Waals surface area contributed by atoms with Gasteiger partial charge in [-0.1, -0.05) is 12.2 Å². The Morgan fingerprint density at radius 2 is 1.20 bits per heavy atom. The molecule has 0 radical (unpaired) electrons. The van der Waals surface area contributed by atoms with Crippen molar-refractivity contribution in [2.75, 3.05) is 0 Å². The average molecular weight is 342 g/mol. The van der Waals surface area contributed by atoms with E-state index in [1.807, 2.05) is 0 Å². The Bertz CT molecular complexity index is 813. The largest absolute Gasteiger partial charge is 0.478 e. The van der Waals surface area contributed by atoms with Crippen molar-refractivity contribution < 1.29 is 34.1 Å². The molecule has 0 aliphatic heterocycles. The van der Waals surface area contributed by atoms with Crippen molar-refractivity contribution in [3.63, 3.8) is 0 Å². The molecule has 0 aromatic carbocycles. The molecular formula is C18H14O7. The van der Waals surface area contributed by atoms with Crippen LogP contribution in [0.5, 0.6) is 0 Å². The molecule has 0 amide bonds. The fourth-order valence-electron chi connectivity index (χ4n) is 4.22. The van der Waals surface area contributed by atoms with Gasteiger partial charge in [0.2, 0.25) is 0 Å². The number of aliphatic carboxylic acids is 2. The van der Waals surface area contributed by atoms with Crippen molar-refractivity contribution in [3.05, 3.63) is 46.6 Å². The van der Waals surface area contributed by atoms with Crippen LogP contribution in [0.3, 0.4) is 0 Å². The van der Waals surface area contributed by atoms with Crippen molar-refractivity contribution in [2.45, 2.75) is 25.7 Å². The number of carbonyl (C=O) groups excluding carboxylic acids is 2. The smallest absolute Gasteiger partial charge is 0.332 e. The minimum atomic E-state index is -1.38. The third kappa shape index (κ3) is 1.92. The first-order valence-corrected chi connectivity index (χ1v) is 7.84. The van der Waals surface area contributed by atoms with Crippen LogP contribution >= 0.6 is 0 Å². The normalized spacial score (nSPS) is 31.2. The van der Waals surface area contributed by atoms with E-state index in [0.717, 1.165) is 11.1 Å². The molecule has 0 fully saturated rings. The standard InChI is InChI=1S/C18H14O7/c19-13(20)11-5-9-1-3-17(11,7-9)15(23)25-16(24)18-4-2-10(8-18)6-12(18)14(21)22/h1-2,5-6H,3-4,7-8H2,(H,19,20)(H,21,22). The Hall–Kier alpha value is -2.96. The number of hydrogen-bond donors (Lipinski definition) is 2. The van der Waals surface area contributed by atoms with Crippen LogP contribution in [0.4, 0.5) is 0 Å². The zero-order valence-electron chi connectivity index (χ0n) is 13.1. The number of carbonyl (C=O) groups is 4. The lowest BCUT2D eigenvalue weighted by molar-refractivity contribution is -0.172. The molecule has 0 saturated heterocycles. The average Bonchev–Trinajstić information content (AvgIpc) is 3.32. The van der Waals surface area contributed by atoms with Crippen LogP contribution in [0.15, 0.2) is 46.6 Å². The molecular weight excluding hydrogens is 328 g/mol. The molecule has 0 heterocycles. The van der Waals surface area contributed by atoms with Gasteiger partial charge in [0, 0.05) is 0 Å². The van der Waals surface area contributed by atoms with Crippen LogP contribution in [0.1, 0.15) is 25.7 Å². The second-order valence-electron chi connectivity index (χ2n) is 6.89. The van der Waals surface area contributed by atoms with E-state index >= 15 is 0 Å². The topological polar surface area (TPSA) is 118 Å². The van der Waals surface area contributed by atoms with E-state index in [9.17, 15) is 29.4 Å². The van der Waals surface area contributed by atoms with Gasteiger partial charge in [0.05, 0.1) is 11.1 Å². The molecule has 2 unspecified atom stereocenters. The number of ether oxygens (including phenoxy) is 1. The van der Waals surface area contributed by atoms with E-state index in [-0.39, 0.29) is 36.8 Å². The number of fused-ring (bicyclic) bond motifs is 4. The van der Waals surface area contributed by atoms with Crippen molar-refractivity contribution >= 4 is 23.9 Å². The second-order valence-corrected chi connectivity index (χ2v) is 6.89. The molecule has 0 aromatic heterocycles. The van der Waals surface area contributed by atoms with Gasteiger partial charge < -0.3 is 14.9 Å². The summed E-state index contributed by atoms with van der Waals surface area (Å²) >= 11 is 0. The first-order chi connectivity index (χ1) is 11.8. The van der Waals surface area contributed by atoms with Gasteiger partial charge in [-0.25, -0.2) is 9.59 Å². The fraction of sp³-hybridized carbons (Fsp3) is 0.333. The summed E-state index contributed by atoms with van der Waals surface area (Å²) in [5.41, 5.74) is -1.45. The van der Waals surface area contributed by atoms with Crippen LogP contribution in [-0.4, -0.2) is 34.1 Å². The number of carboxylic acid groups (broad SMARTS) is 2. The number of esters is 2. The van der Waals surface area contributed by atoms with Crippen LogP contribution in [-0.2, 0) is 23.9 Å². The summed E-state index contributed by atoms with van der Waals surface area (Å²) in [5.74, 6) is -4.28. The van der Waals surface area contributed by atoms with Gasteiger partial charge in [-0.05, 0) is 49.0 Å². The summed E-state index contributed by atoms with van der Waals surface area (Å²) in [6.07, 6.45) is 7.10. The van der Waals surface area contributed by atoms with Crippen molar-refractivity contribution in [1.29, 1.82) is 0 Å². The Labute approximate surface area is 142 Å². The van der Waals surface area contributed by atoms with Gasteiger partial charge in [-0.2, -0.15) is 0 Å². The van der Waals surface area contributed by atoms with E-state index in [1.165, 1.54) is 12.2 Å². The highest BCUT2D eigenvalue weighted by atomic mass is 16.6. The SMILES string of the molecule is O=C(O)C1=CC2=CCC1(C(=O)OC(=O)C13CC=C(C=C1C(=O)O)C3)C2. The highest BCUT2D eigenvalue weighted by Gasteiger charge is 2.57. The second kappa shape index (κ2) is 4.78. The predicted octanol–water partition coefficient (Wildman–Crippen LogP) is 1.52. The van der Waals surface area contributed by atoms with Crippen molar-refractivity contribution in [3.8, 4) is 0 Å². The molecule has 4 aliphatic carbocycles. The molecule has 0 spiro atoms. The summed E-state index contributed by atoms with van der Waals surface area (Å²) in [6, 6.07) is 0. The molecule has 7 nitrogen and oxygen atoms in total. The predicted molar refractivity (Wildman–Crippen MR) is 82.0 cm³/mol. The van der Waals surface area contributed by atoms with Gasteiger partial charge in [-0.15, -0.1) is 0 Å². The fourth-order valence-corrected chi connectivity index (χ4v) is 4.22. The summed E-state index contributed by atoms with van der Waals surface area (Å²) in [5, 5.41) is 18.7. The molecule has 0 aromatic rings. The van der Waals surface area contributed by atoms with Crippen LogP contribution in [0, 0.1) is 10.8 Å². The van der Waals surface area contributed by atoms with E-state index in [0.29, 0.717) is 0 Å². The van der Waals surface area contributed by atoms with E-state index < -0.39 is 34.7 Å².